The number of nitrogens with zero attached hydrogens (tertiary/aromatic N) is 4. The molecule has 0 saturated carbocycles. The lowest BCUT2D eigenvalue weighted by atomic mass is 10.3. The number of hydrogen-bond acceptors (Lipinski definition) is 5. The van der Waals surface area contributed by atoms with Crippen LogP contribution in [0.2, 0.25) is 0 Å². The third kappa shape index (κ3) is 1.74. The molecule has 1 aliphatic heterocycles. The summed E-state index contributed by atoms with van der Waals surface area (Å²) in [6.45, 7) is 1.74. The Kier molecular flexibility index (Phi) is 2.35. The molecule has 82 valence electrons. The van der Waals surface area contributed by atoms with Gasteiger partial charge >= 0.3 is 5.97 Å². The zero-order chi connectivity index (χ0) is 11.7. The van der Waals surface area contributed by atoms with E-state index in [4.69, 9.17) is 5.11 Å². The van der Waals surface area contributed by atoms with Crippen molar-refractivity contribution in [3.05, 3.63) is 18.1 Å². The minimum absolute atomic E-state index is 0.179. The van der Waals surface area contributed by atoms with E-state index in [-0.39, 0.29) is 18.0 Å². The van der Waals surface area contributed by atoms with E-state index in [9.17, 15) is 9.59 Å². The van der Waals surface area contributed by atoms with Crippen LogP contribution in [0, 0.1) is 6.92 Å². The van der Waals surface area contributed by atoms with Gasteiger partial charge < -0.3 is 5.11 Å². The molecule has 0 unspecified atom stereocenters. The van der Waals surface area contributed by atoms with E-state index >= 15 is 0 Å². The first-order valence-electron chi connectivity index (χ1n) is 4.50. The highest BCUT2D eigenvalue weighted by Crippen LogP contribution is 2.17. The summed E-state index contributed by atoms with van der Waals surface area (Å²) in [6, 6.07) is 1.56. The molecule has 1 aromatic heterocycles. The Morgan fingerprint density at radius 3 is 2.81 bits per heavy atom. The molecular formula is C9H8N4O3. The quantitative estimate of drug-likeness (QED) is 0.754. The van der Waals surface area contributed by atoms with Crippen LogP contribution in [0.25, 0.3) is 0 Å². The summed E-state index contributed by atoms with van der Waals surface area (Å²) in [6.07, 6.45) is 1.09. The van der Waals surface area contributed by atoms with E-state index in [1.165, 1.54) is 6.33 Å². The summed E-state index contributed by atoms with van der Waals surface area (Å²) in [5.74, 6) is -1.31. The second-order valence-electron chi connectivity index (χ2n) is 3.25. The minimum Gasteiger partial charge on any atom is -0.477 e. The van der Waals surface area contributed by atoms with Crippen LogP contribution in [0.15, 0.2) is 17.5 Å². The fourth-order valence-corrected chi connectivity index (χ4v) is 1.28. The van der Waals surface area contributed by atoms with Crippen molar-refractivity contribution in [3.63, 3.8) is 0 Å². The number of rotatable bonds is 2. The van der Waals surface area contributed by atoms with E-state index in [0.717, 1.165) is 5.01 Å². The molecule has 0 bridgehead atoms. The van der Waals surface area contributed by atoms with Gasteiger partial charge in [-0.05, 0) is 6.92 Å². The molecule has 0 radical (unpaired) electrons. The molecule has 0 aromatic carbocycles. The van der Waals surface area contributed by atoms with Gasteiger partial charge in [0.1, 0.15) is 6.33 Å². The fraction of sp³-hybridized carbons (Fsp3) is 0.222. The molecule has 0 aliphatic carbocycles. The van der Waals surface area contributed by atoms with Crippen LogP contribution in [-0.2, 0) is 9.59 Å². The van der Waals surface area contributed by atoms with E-state index < -0.39 is 11.9 Å². The molecule has 0 atom stereocenters. The summed E-state index contributed by atoms with van der Waals surface area (Å²) in [4.78, 5) is 29.9. The first kappa shape index (κ1) is 10.2. The maximum atomic E-state index is 11.5. The predicted octanol–water partition coefficient (Wildman–Crippen LogP) is -0.0377. The lowest BCUT2D eigenvalue weighted by Gasteiger charge is -2.09. The number of carboxylic acid groups (broad SMARTS) is 1. The van der Waals surface area contributed by atoms with Crippen LogP contribution in [-0.4, -0.2) is 32.7 Å². The Morgan fingerprint density at radius 2 is 2.25 bits per heavy atom. The lowest BCUT2D eigenvalue weighted by molar-refractivity contribution is -0.129. The molecule has 2 rings (SSSR count). The summed E-state index contributed by atoms with van der Waals surface area (Å²) in [7, 11) is 0. The molecule has 7 heteroatoms. The molecule has 1 amide bonds. The molecule has 2 heterocycles. The Balaban J connectivity index is 2.35. The molecule has 1 aliphatic rings. The number of anilines is 1. The van der Waals surface area contributed by atoms with Crippen molar-refractivity contribution < 1.29 is 14.7 Å². The number of aliphatic carboxylic acids is 1. The number of carbonyl (C=O) groups is 2. The Hall–Kier alpha value is -2.31. The highest BCUT2D eigenvalue weighted by molar-refractivity contribution is 6.42. The first-order chi connectivity index (χ1) is 7.58. The number of hydrazone groups is 1. The van der Waals surface area contributed by atoms with Gasteiger partial charge in [-0.3, -0.25) is 4.79 Å². The Bertz CT molecular complexity index is 497. The van der Waals surface area contributed by atoms with E-state index in [2.05, 4.69) is 15.1 Å². The van der Waals surface area contributed by atoms with Crippen molar-refractivity contribution in [2.24, 2.45) is 5.10 Å². The number of amides is 1. The number of carbonyl (C=O) groups excluding carboxylic acids is 1. The van der Waals surface area contributed by atoms with Crippen LogP contribution in [0.5, 0.6) is 0 Å². The topological polar surface area (TPSA) is 95.8 Å². The Morgan fingerprint density at radius 1 is 1.50 bits per heavy atom. The Labute approximate surface area is 90.4 Å². The third-order valence-electron chi connectivity index (χ3n) is 2.03. The fourth-order valence-electron chi connectivity index (χ4n) is 1.28. The summed E-state index contributed by atoms with van der Waals surface area (Å²) < 4.78 is 0. The van der Waals surface area contributed by atoms with Crippen LogP contribution < -0.4 is 5.01 Å². The molecule has 1 aromatic rings. The summed E-state index contributed by atoms with van der Waals surface area (Å²) in [5.41, 5.74) is 0.498. The van der Waals surface area contributed by atoms with Gasteiger partial charge in [0.25, 0.3) is 5.91 Å². The van der Waals surface area contributed by atoms with Crippen molar-refractivity contribution in [2.75, 3.05) is 5.01 Å². The molecule has 1 N–H and O–H groups in total. The van der Waals surface area contributed by atoms with Crippen LogP contribution >= 0.6 is 0 Å². The predicted molar refractivity (Wildman–Crippen MR) is 53.9 cm³/mol. The van der Waals surface area contributed by atoms with Gasteiger partial charge in [0.2, 0.25) is 0 Å². The van der Waals surface area contributed by atoms with Crippen LogP contribution in [0.3, 0.4) is 0 Å². The normalized spacial score (nSPS) is 15.2. The zero-order valence-corrected chi connectivity index (χ0v) is 8.41. The van der Waals surface area contributed by atoms with Crippen LogP contribution in [0.4, 0.5) is 5.82 Å². The maximum absolute atomic E-state index is 11.5. The van der Waals surface area contributed by atoms with Crippen molar-refractivity contribution >= 4 is 23.4 Å². The molecular weight excluding hydrogens is 212 g/mol. The zero-order valence-electron chi connectivity index (χ0n) is 8.41. The minimum atomic E-state index is -1.19. The monoisotopic (exact) mass is 220 g/mol. The van der Waals surface area contributed by atoms with Crippen LogP contribution in [0.1, 0.15) is 12.1 Å². The van der Waals surface area contributed by atoms with Gasteiger partial charge in [-0.2, -0.15) is 10.1 Å². The molecule has 7 nitrogen and oxygen atoms in total. The number of aryl methyl sites for hydroxylation is 1. The standard InChI is InChI=1S/C9H8N4O3/c1-5-2-7(11-4-10-5)13-8(14)3-6(12-13)9(15)16/h2,4H,3H2,1H3,(H,15,16). The summed E-state index contributed by atoms with van der Waals surface area (Å²) >= 11 is 0. The van der Waals surface area contributed by atoms with Gasteiger partial charge in [-0.25, -0.2) is 14.8 Å². The van der Waals surface area contributed by atoms with E-state index in [0.29, 0.717) is 5.69 Å². The molecule has 0 saturated heterocycles. The van der Waals surface area contributed by atoms with Crippen molar-refractivity contribution in [1.29, 1.82) is 0 Å². The number of aromatic nitrogens is 2. The van der Waals surface area contributed by atoms with E-state index in [1.54, 1.807) is 13.0 Å². The lowest BCUT2D eigenvalue weighted by Crippen LogP contribution is -2.20. The number of carboxylic acids is 1. The smallest absolute Gasteiger partial charge is 0.352 e. The van der Waals surface area contributed by atoms with Gasteiger partial charge in [-0.15, -0.1) is 0 Å². The first-order valence-corrected chi connectivity index (χ1v) is 4.50. The second kappa shape index (κ2) is 3.69. The van der Waals surface area contributed by atoms with Gasteiger partial charge in [0, 0.05) is 11.8 Å². The van der Waals surface area contributed by atoms with Crippen molar-refractivity contribution in [2.45, 2.75) is 13.3 Å². The number of hydrogen-bond donors (Lipinski definition) is 1. The molecule has 0 fully saturated rings. The van der Waals surface area contributed by atoms with Crippen molar-refractivity contribution in [1.82, 2.24) is 9.97 Å². The van der Waals surface area contributed by atoms with Gasteiger partial charge in [0.05, 0.1) is 6.42 Å². The second-order valence-corrected chi connectivity index (χ2v) is 3.25. The van der Waals surface area contributed by atoms with Gasteiger partial charge in [0.15, 0.2) is 11.5 Å². The molecule has 16 heavy (non-hydrogen) atoms. The highest BCUT2D eigenvalue weighted by Gasteiger charge is 2.29. The van der Waals surface area contributed by atoms with Crippen molar-refractivity contribution in [3.8, 4) is 0 Å². The van der Waals surface area contributed by atoms with E-state index in [1.807, 2.05) is 0 Å². The summed E-state index contributed by atoms with van der Waals surface area (Å²) in [5, 5.41) is 13.4. The largest absolute Gasteiger partial charge is 0.477 e. The SMILES string of the molecule is Cc1cc(N2N=C(C(=O)O)CC2=O)ncn1. The highest BCUT2D eigenvalue weighted by atomic mass is 16.4. The molecule has 0 spiro atoms. The van der Waals surface area contributed by atoms with Gasteiger partial charge in [-0.1, -0.05) is 0 Å². The average molecular weight is 220 g/mol. The average Bonchev–Trinajstić information content (AvgIpc) is 2.60. The third-order valence-corrected chi connectivity index (χ3v) is 2.03. The maximum Gasteiger partial charge on any atom is 0.352 e.